The van der Waals surface area contributed by atoms with Gasteiger partial charge < -0.3 is 9.47 Å². The molecule has 0 spiro atoms. The summed E-state index contributed by atoms with van der Waals surface area (Å²) in [6.07, 6.45) is 0. The maximum Gasteiger partial charge on any atom is 0.329 e. The van der Waals surface area contributed by atoms with Gasteiger partial charge in [-0.05, 0) is 41.3 Å². The van der Waals surface area contributed by atoms with Gasteiger partial charge in [-0.25, -0.2) is 0 Å². The average Bonchev–Trinajstić information content (AvgIpc) is 2.54. The third kappa shape index (κ3) is 4.01. The van der Waals surface area contributed by atoms with E-state index in [2.05, 4.69) is 0 Å². The first-order chi connectivity index (χ1) is 10.5. The highest BCUT2D eigenvalue weighted by molar-refractivity contribution is 6.30. The molecule has 22 heavy (non-hydrogen) atoms. The lowest BCUT2D eigenvalue weighted by atomic mass is 10.1. The number of carbonyl (C=O) groups is 1. The molecule has 0 aliphatic rings. The standard InChI is InChI=1S/C18H19ClO3/c1-12(2)17(19)18(20)22-16-10-6-14(7-11-16)13-4-8-15(21-3)9-5-13/h4-12,17H,1-3H3. The number of methoxy groups -OCH3 is 1. The van der Waals surface area contributed by atoms with Gasteiger partial charge in [-0.1, -0.05) is 38.1 Å². The fourth-order valence-corrected chi connectivity index (χ4v) is 1.99. The van der Waals surface area contributed by atoms with Crippen LogP contribution in [0.5, 0.6) is 11.5 Å². The number of ether oxygens (including phenoxy) is 2. The van der Waals surface area contributed by atoms with Crippen LogP contribution < -0.4 is 9.47 Å². The first-order valence-corrected chi connectivity index (χ1v) is 7.55. The molecule has 0 aromatic heterocycles. The number of hydrogen-bond donors (Lipinski definition) is 0. The summed E-state index contributed by atoms with van der Waals surface area (Å²) in [6.45, 7) is 3.76. The number of esters is 1. The van der Waals surface area contributed by atoms with Crippen LogP contribution in [0.3, 0.4) is 0 Å². The molecule has 1 unspecified atom stereocenters. The summed E-state index contributed by atoms with van der Waals surface area (Å²) in [5.74, 6) is 0.923. The van der Waals surface area contributed by atoms with Crippen LogP contribution in [0.15, 0.2) is 48.5 Å². The van der Waals surface area contributed by atoms with Gasteiger partial charge in [-0.2, -0.15) is 0 Å². The van der Waals surface area contributed by atoms with Crippen LogP contribution in [0.1, 0.15) is 13.8 Å². The molecule has 0 saturated carbocycles. The lowest BCUT2D eigenvalue weighted by molar-refractivity contribution is -0.134. The Hall–Kier alpha value is -2.00. The molecule has 1 atom stereocenters. The van der Waals surface area contributed by atoms with E-state index in [-0.39, 0.29) is 5.92 Å². The zero-order valence-corrected chi connectivity index (χ0v) is 13.6. The fourth-order valence-electron chi connectivity index (χ4n) is 1.94. The molecule has 2 aromatic rings. The van der Waals surface area contributed by atoms with Crippen molar-refractivity contribution in [1.82, 2.24) is 0 Å². The highest BCUT2D eigenvalue weighted by Gasteiger charge is 2.21. The van der Waals surface area contributed by atoms with Crippen LogP contribution >= 0.6 is 11.6 Å². The van der Waals surface area contributed by atoms with Gasteiger partial charge in [-0.3, -0.25) is 4.79 Å². The molecule has 0 fully saturated rings. The quantitative estimate of drug-likeness (QED) is 0.461. The molecule has 0 bridgehead atoms. The van der Waals surface area contributed by atoms with Crippen molar-refractivity contribution in [2.45, 2.75) is 19.2 Å². The average molecular weight is 319 g/mol. The van der Waals surface area contributed by atoms with Crippen molar-refractivity contribution in [3.8, 4) is 22.6 Å². The van der Waals surface area contributed by atoms with Crippen LogP contribution in [0.4, 0.5) is 0 Å². The van der Waals surface area contributed by atoms with Gasteiger partial charge in [0.15, 0.2) is 0 Å². The molecule has 0 saturated heterocycles. The molecule has 0 heterocycles. The Labute approximate surface area is 135 Å². The predicted octanol–water partition coefficient (Wildman–Crippen LogP) is 4.53. The predicted molar refractivity (Wildman–Crippen MR) is 88.5 cm³/mol. The van der Waals surface area contributed by atoms with Crippen molar-refractivity contribution in [3.05, 3.63) is 48.5 Å². The Kier molecular flexibility index (Phi) is 5.45. The number of carbonyl (C=O) groups excluding carboxylic acids is 1. The van der Waals surface area contributed by atoms with E-state index in [1.165, 1.54) is 0 Å². The summed E-state index contributed by atoms with van der Waals surface area (Å²) >= 11 is 5.99. The van der Waals surface area contributed by atoms with E-state index in [0.29, 0.717) is 5.75 Å². The molecule has 2 aromatic carbocycles. The number of halogens is 1. The summed E-state index contributed by atoms with van der Waals surface area (Å²) in [4.78, 5) is 11.8. The highest BCUT2D eigenvalue weighted by atomic mass is 35.5. The lowest BCUT2D eigenvalue weighted by Crippen LogP contribution is -2.25. The first-order valence-electron chi connectivity index (χ1n) is 7.11. The number of alkyl halides is 1. The molecule has 3 nitrogen and oxygen atoms in total. The maximum absolute atomic E-state index is 11.8. The third-order valence-corrected chi connectivity index (χ3v) is 3.99. The van der Waals surface area contributed by atoms with Gasteiger partial charge in [0.1, 0.15) is 16.9 Å². The van der Waals surface area contributed by atoms with Crippen LogP contribution in [0.25, 0.3) is 11.1 Å². The Morgan fingerprint density at radius 2 is 1.36 bits per heavy atom. The summed E-state index contributed by atoms with van der Waals surface area (Å²) in [5, 5.41) is -0.638. The van der Waals surface area contributed by atoms with E-state index in [1.54, 1.807) is 19.2 Å². The van der Waals surface area contributed by atoms with Crippen molar-refractivity contribution < 1.29 is 14.3 Å². The van der Waals surface area contributed by atoms with E-state index in [9.17, 15) is 4.79 Å². The molecule has 2 rings (SSSR count). The molecular formula is C18H19ClO3. The largest absolute Gasteiger partial charge is 0.497 e. The van der Waals surface area contributed by atoms with Gasteiger partial charge >= 0.3 is 5.97 Å². The Morgan fingerprint density at radius 3 is 1.77 bits per heavy atom. The molecule has 4 heteroatoms. The van der Waals surface area contributed by atoms with Crippen LogP contribution in [-0.2, 0) is 4.79 Å². The maximum atomic E-state index is 11.8. The minimum atomic E-state index is -0.638. The second-order valence-corrected chi connectivity index (χ2v) is 5.79. The van der Waals surface area contributed by atoms with Gasteiger partial charge in [0.25, 0.3) is 0 Å². The van der Waals surface area contributed by atoms with Crippen LogP contribution in [0.2, 0.25) is 0 Å². The van der Waals surface area contributed by atoms with Gasteiger partial charge in [-0.15, -0.1) is 11.6 Å². The number of rotatable bonds is 5. The highest BCUT2D eigenvalue weighted by Crippen LogP contribution is 2.25. The summed E-state index contributed by atoms with van der Waals surface area (Å²) in [7, 11) is 1.64. The molecule has 0 aliphatic heterocycles. The molecule has 0 amide bonds. The SMILES string of the molecule is COc1ccc(-c2ccc(OC(=O)C(Cl)C(C)C)cc2)cc1. The summed E-state index contributed by atoms with van der Waals surface area (Å²) in [5.41, 5.74) is 2.10. The minimum absolute atomic E-state index is 0.0349. The van der Waals surface area contributed by atoms with E-state index in [4.69, 9.17) is 21.1 Å². The monoisotopic (exact) mass is 318 g/mol. The molecule has 0 aliphatic carbocycles. The smallest absolute Gasteiger partial charge is 0.329 e. The summed E-state index contributed by atoms with van der Waals surface area (Å²) in [6, 6.07) is 15.1. The fraction of sp³-hybridized carbons (Fsp3) is 0.278. The Bertz CT molecular complexity index is 618. The van der Waals surface area contributed by atoms with Gasteiger partial charge in [0.05, 0.1) is 7.11 Å². The Balaban J connectivity index is 2.08. The second kappa shape index (κ2) is 7.32. The van der Waals surface area contributed by atoms with Crippen LogP contribution in [-0.4, -0.2) is 18.5 Å². The van der Waals surface area contributed by atoms with E-state index in [0.717, 1.165) is 16.9 Å². The molecule has 116 valence electrons. The zero-order valence-electron chi connectivity index (χ0n) is 12.9. The van der Waals surface area contributed by atoms with Crippen molar-refractivity contribution in [3.63, 3.8) is 0 Å². The molecular weight excluding hydrogens is 300 g/mol. The number of hydrogen-bond acceptors (Lipinski definition) is 3. The van der Waals surface area contributed by atoms with Gasteiger partial charge in [0, 0.05) is 0 Å². The van der Waals surface area contributed by atoms with E-state index >= 15 is 0 Å². The normalized spacial score (nSPS) is 12.0. The summed E-state index contributed by atoms with van der Waals surface area (Å²) < 4.78 is 10.4. The van der Waals surface area contributed by atoms with E-state index < -0.39 is 11.3 Å². The first kappa shape index (κ1) is 16.4. The number of benzene rings is 2. The van der Waals surface area contributed by atoms with Crippen molar-refractivity contribution in [2.75, 3.05) is 7.11 Å². The molecule has 0 radical (unpaired) electrons. The lowest BCUT2D eigenvalue weighted by Gasteiger charge is -2.12. The van der Waals surface area contributed by atoms with Gasteiger partial charge in [0.2, 0.25) is 0 Å². The Morgan fingerprint density at radius 1 is 0.909 bits per heavy atom. The van der Waals surface area contributed by atoms with Crippen molar-refractivity contribution >= 4 is 17.6 Å². The van der Waals surface area contributed by atoms with E-state index in [1.807, 2.05) is 50.2 Å². The zero-order chi connectivity index (χ0) is 16.1. The molecule has 0 N–H and O–H groups in total. The topological polar surface area (TPSA) is 35.5 Å². The minimum Gasteiger partial charge on any atom is -0.497 e. The van der Waals surface area contributed by atoms with Crippen LogP contribution in [0, 0.1) is 5.92 Å². The van der Waals surface area contributed by atoms with Crippen molar-refractivity contribution in [2.24, 2.45) is 5.92 Å². The second-order valence-electron chi connectivity index (χ2n) is 5.32. The van der Waals surface area contributed by atoms with Crippen molar-refractivity contribution in [1.29, 1.82) is 0 Å². The third-order valence-electron chi connectivity index (χ3n) is 3.31.